The topological polar surface area (TPSA) is 62.2 Å². The standard InChI is InChI=1S/C19H25FN2O4S2.C4H10/c1-21-5-6-22(11-13-3-7-25-8-4-13)15-9-18(27-2)16(10-17(15)28-21)26-12-14(20)19(23)24;1-3-4-2/h9-10,12-13H,3-8,11H2,1-2H3,(H,23,24);3-4H2,1-2H3/b14-12-;. The lowest BCUT2D eigenvalue weighted by atomic mass is 9.99. The number of hydrogen-bond acceptors (Lipinski definition) is 7. The molecule has 0 spiro atoms. The van der Waals surface area contributed by atoms with Crippen LogP contribution in [-0.4, -0.2) is 61.5 Å². The molecule has 1 saturated heterocycles. The summed E-state index contributed by atoms with van der Waals surface area (Å²) in [5.41, 5.74) is 1.14. The lowest BCUT2D eigenvalue weighted by Gasteiger charge is -2.31. The van der Waals surface area contributed by atoms with E-state index >= 15 is 0 Å². The highest BCUT2D eigenvalue weighted by atomic mass is 32.2. The number of likely N-dealkylation sites (N-methyl/N-ethyl adjacent to an activating group) is 1. The molecular weight excluding hydrogens is 451 g/mol. The maximum Gasteiger partial charge on any atom is 0.368 e. The molecular formula is C23H35FN2O4S2. The van der Waals surface area contributed by atoms with Gasteiger partial charge in [0.05, 0.1) is 15.5 Å². The molecule has 2 heterocycles. The molecule has 0 aromatic heterocycles. The van der Waals surface area contributed by atoms with Gasteiger partial charge in [0.2, 0.25) is 5.83 Å². The zero-order chi connectivity index (χ0) is 23.5. The third-order valence-electron chi connectivity index (χ3n) is 5.34. The monoisotopic (exact) mass is 486 g/mol. The SMILES string of the molecule is CCCC.CSc1cc2c(cc1O/C=C(\F)C(=O)O)SN(C)CCN2CC1CCOCC1. The minimum Gasteiger partial charge on any atom is -0.476 e. The normalized spacial score (nSPS) is 17.8. The Morgan fingerprint density at radius 1 is 1.31 bits per heavy atom. The van der Waals surface area contributed by atoms with Crippen LogP contribution in [0.2, 0.25) is 0 Å². The van der Waals surface area contributed by atoms with Crippen molar-refractivity contribution in [2.24, 2.45) is 5.92 Å². The second-order valence-corrected chi connectivity index (χ2v) is 9.90. The first-order valence-corrected chi connectivity index (χ1v) is 13.1. The van der Waals surface area contributed by atoms with Gasteiger partial charge in [0.1, 0.15) is 12.0 Å². The fourth-order valence-corrected chi connectivity index (χ4v) is 4.78. The van der Waals surface area contributed by atoms with E-state index in [1.807, 2.05) is 19.4 Å². The number of carboxylic acid groups (broad SMARTS) is 1. The molecule has 0 radical (unpaired) electrons. The molecule has 0 unspecified atom stereocenters. The molecule has 1 aromatic carbocycles. The number of rotatable bonds is 7. The summed E-state index contributed by atoms with van der Waals surface area (Å²) in [7, 11) is 2.04. The van der Waals surface area contributed by atoms with Gasteiger partial charge >= 0.3 is 5.97 Å². The van der Waals surface area contributed by atoms with E-state index in [2.05, 4.69) is 29.1 Å². The Balaban J connectivity index is 0.000000837. The highest BCUT2D eigenvalue weighted by Crippen LogP contribution is 2.42. The van der Waals surface area contributed by atoms with E-state index in [9.17, 15) is 9.18 Å². The van der Waals surface area contributed by atoms with E-state index in [0.717, 1.165) is 61.2 Å². The molecule has 0 amide bonds. The summed E-state index contributed by atoms with van der Waals surface area (Å²) in [4.78, 5) is 14.9. The Kier molecular flexibility index (Phi) is 11.7. The molecule has 0 aliphatic carbocycles. The summed E-state index contributed by atoms with van der Waals surface area (Å²) in [6.45, 7) is 8.83. The van der Waals surface area contributed by atoms with Crippen molar-refractivity contribution in [2.45, 2.75) is 49.3 Å². The van der Waals surface area contributed by atoms with Crippen LogP contribution in [0.25, 0.3) is 0 Å². The van der Waals surface area contributed by atoms with E-state index in [-0.39, 0.29) is 0 Å². The summed E-state index contributed by atoms with van der Waals surface area (Å²) >= 11 is 3.11. The van der Waals surface area contributed by atoms with Gasteiger partial charge in [0, 0.05) is 32.8 Å². The van der Waals surface area contributed by atoms with Crippen molar-refractivity contribution < 1.29 is 23.8 Å². The number of unbranched alkanes of at least 4 members (excludes halogenated alkanes) is 1. The van der Waals surface area contributed by atoms with Gasteiger partial charge in [-0.1, -0.05) is 26.7 Å². The van der Waals surface area contributed by atoms with E-state index in [0.29, 0.717) is 17.9 Å². The highest BCUT2D eigenvalue weighted by Gasteiger charge is 2.25. The summed E-state index contributed by atoms with van der Waals surface area (Å²) in [5.74, 6) is -1.90. The van der Waals surface area contributed by atoms with Crippen LogP contribution >= 0.6 is 23.7 Å². The number of halogens is 1. The minimum atomic E-state index is -1.64. The second kappa shape index (κ2) is 14.0. The summed E-state index contributed by atoms with van der Waals surface area (Å²) in [6, 6.07) is 3.93. The third-order valence-corrected chi connectivity index (χ3v) is 7.11. The molecule has 1 aromatic rings. The van der Waals surface area contributed by atoms with Gasteiger partial charge in [0.15, 0.2) is 0 Å². The van der Waals surface area contributed by atoms with E-state index in [4.69, 9.17) is 14.6 Å². The van der Waals surface area contributed by atoms with Gasteiger partial charge in [-0.15, -0.1) is 11.8 Å². The molecule has 0 bridgehead atoms. The quantitative estimate of drug-likeness (QED) is 0.229. The van der Waals surface area contributed by atoms with Crippen LogP contribution in [0.3, 0.4) is 0 Å². The van der Waals surface area contributed by atoms with Crippen molar-refractivity contribution in [1.82, 2.24) is 4.31 Å². The first-order valence-electron chi connectivity index (χ1n) is 11.1. The van der Waals surface area contributed by atoms with Crippen molar-refractivity contribution in [3.05, 3.63) is 24.2 Å². The molecule has 1 N–H and O–H groups in total. The number of carboxylic acids is 1. The van der Waals surface area contributed by atoms with Crippen molar-refractivity contribution in [3.63, 3.8) is 0 Å². The molecule has 180 valence electrons. The Bertz CT molecular complexity index is 771. The van der Waals surface area contributed by atoms with Crippen molar-refractivity contribution in [1.29, 1.82) is 0 Å². The van der Waals surface area contributed by atoms with Crippen LogP contribution in [-0.2, 0) is 9.53 Å². The fraction of sp³-hybridized carbons (Fsp3) is 0.609. The Morgan fingerprint density at radius 2 is 2.00 bits per heavy atom. The van der Waals surface area contributed by atoms with Gasteiger partial charge in [-0.25, -0.2) is 9.10 Å². The maximum absolute atomic E-state index is 13.3. The van der Waals surface area contributed by atoms with E-state index in [1.54, 1.807) is 11.9 Å². The third kappa shape index (κ3) is 8.17. The van der Waals surface area contributed by atoms with Crippen molar-refractivity contribution in [2.75, 3.05) is 51.1 Å². The summed E-state index contributed by atoms with van der Waals surface area (Å²) < 4.78 is 26.4. The average Bonchev–Trinajstić information content (AvgIpc) is 2.95. The second-order valence-electron chi connectivity index (χ2n) is 7.80. The number of benzene rings is 1. The number of fused-ring (bicyclic) bond motifs is 1. The van der Waals surface area contributed by atoms with Crippen LogP contribution in [0.1, 0.15) is 39.5 Å². The lowest BCUT2D eigenvalue weighted by molar-refractivity contribution is -0.134. The number of nitrogens with zero attached hydrogens (tertiary/aromatic N) is 2. The number of carbonyl (C=O) groups is 1. The predicted octanol–water partition coefficient (Wildman–Crippen LogP) is 5.67. The first-order chi connectivity index (χ1) is 15.4. The minimum absolute atomic E-state index is 0.455. The van der Waals surface area contributed by atoms with Crippen LogP contribution in [0, 0.1) is 5.92 Å². The zero-order valence-electron chi connectivity index (χ0n) is 19.4. The van der Waals surface area contributed by atoms with Crippen LogP contribution < -0.4 is 9.64 Å². The molecule has 32 heavy (non-hydrogen) atoms. The molecule has 0 saturated carbocycles. The van der Waals surface area contributed by atoms with Gasteiger partial charge in [-0.3, -0.25) is 0 Å². The fourth-order valence-electron chi connectivity index (χ4n) is 3.29. The van der Waals surface area contributed by atoms with Gasteiger partial charge in [0.25, 0.3) is 0 Å². The summed E-state index contributed by atoms with van der Waals surface area (Å²) in [5, 5.41) is 8.69. The van der Waals surface area contributed by atoms with Crippen LogP contribution in [0.15, 0.2) is 34.0 Å². The van der Waals surface area contributed by atoms with Crippen molar-refractivity contribution in [3.8, 4) is 5.75 Å². The van der Waals surface area contributed by atoms with Gasteiger partial charge in [-0.05, 0) is 56.1 Å². The average molecular weight is 487 g/mol. The largest absolute Gasteiger partial charge is 0.476 e. The number of aliphatic carboxylic acids is 1. The Labute approximate surface area is 199 Å². The summed E-state index contributed by atoms with van der Waals surface area (Å²) in [6.07, 6.45) is 7.36. The first kappa shape index (κ1) is 26.8. The molecule has 2 aliphatic rings. The van der Waals surface area contributed by atoms with E-state index in [1.165, 1.54) is 24.6 Å². The number of anilines is 1. The molecule has 9 heteroatoms. The van der Waals surface area contributed by atoms with Crippen LogP contribution in [0.4, 0.5) is 10.1 Å². The smallest absolute Gasteiger partial charge is 0.368 e. The van der Waals surface area contributed by atoms with Gasteiger partial charge in [-0.2, -0.15) is 4.39 Å². The molecule has 2 aliphatic heterocycles. The molecule has 1 fully saturated rings. The highest BCUT2D eigenvalue weighted by molar-refractivity contribution is 7.98. The number of thioether (sulfide) groups is 1. The Hall–Kier alpha value is -1.42. The molecule has 3 rings (SSSR count). The molecule has 0 atom stereocenters. The van der Waals surface area contributed by atoms with E-state index < -0.39 is 11.8 Å². The van der Waals surface area contributed by atoms with Gasteiger partial charge < -0.3 is 19.5 Å². The molecule has 6 nitrogen and oxygen atoms in total. The lowest BCUT2D eigenvalue weighted by Crippen LogP contribution is -2.35. The Morgan fingerprint density at radius 3 is 2.59 bits per heavy atom. The zero-order valence-corrected chi connectivity index (χ0v) is 21.1. The van der Waals surface area contributed by atoms with Crippen molar-refractivity contribution >= 4 is 35.4 Å². The number of hydrogen-bond donors (Lipinski definition) is 1. The maximum atomic E-state index is 13.3. The number of ether oxygens (including phenoxy) is 2. The van der Waals surface area contributed by atoms with Crippen LogP contribution in [0.5, 0.6) is 5.75 Å². The predicted molar refractivity (Wildman–Crippen MR) is 131 cm³/mol.